The molecule has 0 atom stereocenters. The van der Waals surface area contributed by atoms with E-state index < -0.39 is 0 Å². The van der Waals surface area contributed by atoms with Crippen molar-refractivity contribution < 1.29 is 4.74 Å². The molecule has 1 aromatic carbocycles. The van der Waals surface area contributed by atoms with E-state index in [4.69, 9.17) is 4.74 Å². The summed E-state index contributed by atoms with van der Waals surface area (Å²) in [6.45, 7) is 0.675. The lowest BCUT2D eigenvalue weighted by atomic mass is 10.0. The third-order valence-corrected chi connectivity index (χ3v) is 2.52. The first-order valence-electron chi connectivity index (χ1n) is 5.43. The van der Waals surface area contributed by atoms with E-state index in [0.717, 1.165) is 19.3 Å². The molecule has 78 valence electrons. The zero-order chi connectivity index (χ0) is 10.3. The van der Waals surface area contributed by atoms with Crippen LogP contribution in [0.15, 0.2) is 54.3 Å². The van der Waals surface area contributed by atoms with E-state index in [0.29, 0.717) is 6.61 Å². The van der Waals surface area contributed by atoms with Crippen LogP contribution in [0, 0.1) is 0 Å². The fourth-order valence-electron chi connectivity index (χ4n) is 1.66. The van der Waals surface area contributed by atoms with Crippen LogP contribution < -0.4 is 0 Å². The van der Waals surface area contributed by atoms with Gasteiger partial charge in [-0.25, -0.2) is 0 Å². The molecule has 0 radical (unpaired) electrons. The van der Waals surface area contributed by atoms with Gasteiger partial charge in [-0.3, -0.25) is 0 Å². The molecular formula is C14H16O. The van der Waals surface area contributed by atoms with Gasteiger partial charge in [0, 0.05) is 0 Å². The predicted molar refractivity (Wildman–Crippen MR) is 62.3 cm³/mol. The SMILES string of the molecule is C1=CC/C(=C\OCc2ccccc2)CC1. The van der Waals surface area contributed by atoms with Gasteiger partial charge in [-0.05, 0) is 30.4 Å². The Morgan fingerprint density at radius 1 is 1.13 bits per heavy atom. The predicted octanol–water partition coefficient (Wildman–Crippen LogP) is 3.83. The van der Waals surface area contributed by atoms with E-state index in [2.05, 4.69) is 24.3 Å². The number of benzene rings is 1. The second kappa shape index (κ2) is 5.40. The maximum Gasteiger partial charge on any atom is 0.112 e. The largest absolute Gasteiger partial charge is 0.497 e. The van der Waals surface area contributed by atoms with Gasteiger partial charge in [0.05, 0.1) is 6.26 Å². The van der Waals surface area contributed by atoms with E-state index in [1.807, 2.05) is 24.5 Å². The van der Waals surface area contributed by atoms with Crippen molar-refractivity contribution in [2.24, 2.45) is 0 Å². The van der Waals surface area contributed by atoms with E-state index in [1.54, 1.807) is 0 Å². The first-order valence-corrected chi connectivity index (χ1v) is 5.43. The van der Waals surface area contributed by atoms with Crippen LogP contribution in [0.25, 0.3) is 0 Å². The Morgan fingerprint density at radius 2 is 2.00 bits per heavy atom. The fraction of sp³-hybridized carbons (Fsp3) is 0.286. The van der Waals surface area contributed by atoms with Gasteiger partial charge in [0.25, 0.3) is 0 Å². The average molecular weight is 200 g/mol. The highest BCUT2D eigenvalue weighted by atomic mass is 16.5. The van der Waals surface area contributed by atoms with Crippen LogP contribution in [0.1, 0.15) is 24.8 Å². The van der Waals surface area contributed by atoms with Gasteiger partial charge in [-0.15, -0.1) is 0 Å². The van der Waals surface area contributed by atoms with Crippen LogP contribution in [0.3, 0.4) is 0 Å². The Hall–Kier alpha value is -1.50. The molecule has 0 bridgehead atoms. The fourth-order valence-corrected chi connectivity index (χ4v) is 1.66. The molecular weight excluding hydrogens is 184 g/mol. The second-order valence-electron chi connectivity index (χ2n) is 3.79. The van der Waals surface area contributed by atoms with Gasteiger partial charge in [-0.2, -0.15) is 0 Å². The minimum absolute atomic E-state index is 0.675. The number of hydrogen-bond acceptors (Lipinski definition) is 1. The zero-order valence-electron chi connectivity index (χ0n) is 8.86. The molecule has 0 amide bonds. The van der Waals surface area contributed by atoms with E-state index >= 15 is 0 Å². The highest BCUT2D eigenvalue weighted by Gasteiger charge is 1.99. The molecule has 0 N–H and O–H groups in total. The summed E-state index contributed by atoms with van der Waals surface area (Å²) in [5.74, 6) is 0. The van der Waals surface area contributed by atoms with Crippen molar-refractivity contribution in [2.45, 2.75) is 25.9 Å². The van der Waals surface area contributed by atoms with Crippen LogP contribution in [-0.2, 0) is 11.3 Å². The van der Waals surface area contributed by atoms with Crippen molar-refractivity contribution in [1.82, 2.24) is 0 Å². The summed E-state index contributed by atoms with van der Waals surface area (Å²) in [5, 5.41) is 0. The van der Waals surface area contributed by atoms with Crippen molar-refractivity contribution in [3.05, 3.63) is 59.9 Å². The second-order valence-corrected chi connectivity index (χ2v) is 3.79. The molecule has 1 aromatic rings. The molecule has 0 aromatic heterocycles. The summed E-state index contributed by atoms with van der Waals surface area (Å²) in [6, 6.07) is 10.3. The molecule has 2 rings (SSSR count). The summed E-state index contributed by atoms with van der Waals surface area (Å²) in [6.07, 6.45) is 9.72. The summed E-state index contributed by atoms with van der Waals surface area (Å²) >= 11 is 0. The third-order valence-electron chi connectivity index (χ3n) is 2.52. The first-order chi connectivity index (χ1) is 7.45. The molecule has 0 heterocycles. The lowest BCUT2D eigenvalue weighted by Gasteiger charge is -2.08. The molecule has 0 spiro atoms. The lowest BCUT2D eigenvalue weighted by Crippen LogP contribution is -1.91. The van der Waals surface area contributed by atoms with Gasteiger partial charge < -0.3 is 4.74 Å². The van der Waals surface area contributed by atoms with Crippen molar-refractivity contribution in [1.29, 1.82) is 0 Å². The smallest absolute Gasteiger partial charge is 0.112 e. The zero-order valence-corrected chi connectivity index (χ0v) is 8.86. The molecule has 0 saturated heterocycles. The highest BCUT2D eigenvalue weighted by Crippen LogP contribution is 2.17. The van der Waals surface area contributed by atoms with Crippen LogP contribution in [0.4, 0.5) is 0 Å². The van der Waals surface area contributed by atoms with E-state index in [-0.39, 0.29) is 0 Å². The first kappa shape index (κ1) is 10.0. The molecule has 15 heavy (non-hydrogen) atoms. The van der Waals surface area contributed by atoms with Crippen LogP contribution in [-0.4, -0.2) is 0 Å². The minimum atomic E-state index is 0.675. The standard InChI is InChI=1S/C14H16O/c1-3-7-13(8-4-1)11-15-12-14-9-5-2-6-10-14/h1-5,7-8,12H,6,9-11H2/b14-12+. The van der Waals surface area contributed by atoms with Gasteiger partial charge in [0.2, 0.25) is 0 Å². The quantitative estimate of drug-likeness (QED) is 0.532. The molecule has 1 heteroatoms. The maximum atomic E-state index is 5.56. The van der Waals surface area contributed by atoms with Gasteiger partial charge in [0.1, 0.15) is 6.61 Å². The van der Waals surface area contributed by atoms with E-state index in [9.17, 15) is 0 Å². The summed E-state index contributed by atoms with van der Waals surface area (Å²) in [5.41, 5.74) is 2.62. The molecule has 1 aliphatic carbocycles. The number of ether oxygens (including phenoxy) is 1. The topological polar surface area (TPSA) is 9.23 Å². The number of rotatable bonds is 3. The number of hydrogen-bond donors (Lipinski definition) is 0. The molecule has 0 saturated carbocycles. The van der Waals surface area contributed by atoms with Crippen LogP contribution >= 0.6 is 0 Å². The van der Waals surface area contributed by atoms with Crippen LogP contribution in [0.5, 0.6) is 0 Å². The number of allylic oxidation sites excluding steroid dienone is 3. The summed E-state index contributed by atoms with van der Waals surface area (Å²) in [4.78, 5) is 0. The maximum absolute atomic E-state index is 5.56. The molecule has 1 aliphatic rings. The summed E-state index contributed by atoms with van der Waals surface area (Å²) in [7, 11) is 0. The Morgan fingerprint density at radius 3 is 2.73 bits per heavy atom. The molecule has 0 fully saturated rings. The monoisotopic (exact) mass is 200 g/mol. The average Bonchev–Trinajstić information content (AvgIpc) is 2.32. The molecule has 0 unspecified atom stereocenters. The van der Waals surface area contributed by atoms with Crippen molar-refractivity contribution >= 4 is 0 Å². The summed E-state index contributed by atoms with van der Waals surface area (Å²) < 4.78 is 5.56. The minimum Gasteiger partial charge on any atom is -0.497 e. The Balaban J connectivity index is 1.81. The Kier molecular flexibility index (Phi) is 3.61. The van der Waals surface area contributed by atoms with Gasteiger partial charge in [0.15, 0.2) is 0 Å². The normalized spacial score (nSPS) is 18.0. The Labute approximate surface area is 91.1 Å². The van der Waals surface area contributed by atoms with Crippen molar-refractivity contribution in [3.63, 3.8) is 0 Å². The molecule has 0 aliphatic heterocycles. The van der Waals surface area contributed by atoms with Crippen molar-refractivity contribution in [2.75, 3.05) is 0 Å². The Bertz CT molecular complexity index is 349. The third kappa shape index (κ3) is 3.28. The highest BCUT2D eigenvalue weighted by molar-refractivity contribution is 5.14. The molecule has 1 nitrogen and oxygen atoms in total. The van der Waals surface area contributed by atoms with E-state index in [1.165, 1.54) is 11.1 Å². The van der Waals surface area contributed by atoms with Crippen LogP contribution in [0.2, 0.25) is 0 Å². The van der Waals surface area contributed by atoms with Crippen molar-refractivity contribution in [3.8, 4) is 0 Å². The lowest BCUT2D eigenvalue weighted by molar-refractivity contribution is 0.232. The van der Waals surface area contributed by atoms with Gasteiger partial charge >= 0.3 is 0 Å². The van der Waals surface area contributed by atoms with Gasteiger partial charge in [-0.1, -0.05) is 42.5 Å².